The Bertz CT molecular complexity index is 1320. The molecule has 3 aliphatic carbocycles. The summed E-state index contributed by atoms with van der Waals surface area (Å²) in [6.07, 6.45) is 8.39. The first kappa shape index (κ1) is 28.8. The number of carbonyl (C=O) groups is 2. The van der Waals surface area contributed by atoms with Crippen LogP contribution in [0.15, 0.2) is 60.3 Å². The molecule has 0 aromatic heterocycles. The topological polar surface area (TPSA) is 155 Å². The van der Waals surface area contributed by atoms with Crippen LogP contribution >= 0.6 is 0 Å². The van der Waals surface area contributed by atoms with Gasteiger partial charge in [0, 0.05) is 17.8 Å². The fraction of sp³-hybridized carbons (Fsp3) is 0.613. The predicted octanol–water partition coefficient (Wildman–Crippen LogP) is 1.18. The SMILES string of the molecule is C=C(C)[C@@]12OC3(C(=O)/C=C/C=C/C=C/CCC)O[C@@H]1[C@@H]1[C@@H]4O[C@]4(CO)[C@@H](O)[C@]4(O)C(=O)C(C)=C[C@H]4[C@@]1(O3)[C@H](C)[C@H]2O. The Labute approximate surface area is 238 Å². The van der Waals surface area contributed by atoms with Crippen molar-refractivity contribution >= 4 is 11.6 Å². The van der Waals surface area contributed by atoms with Gasteiger partial charge in [-0.25, -0.2) is 0 Å². The lowest BCUT2D eigenvalue weighted by atomic mass is 9.53. The first-order valence-electron chi connectivity index (χ1n) is 14.2. The Kier molecular flexibility index (Phi) is 6.40. The van der Waals surface area contributed by atoms with E-state index in [4.69, 9.17) is 18.9 Å². The average molecular weight is 571 g/mol. The molecular formula is C31H38O10. The Morgan fingerprint density at radius 3 is 2.49 bits per heavy atom. The third-order valence-electron chi connectivity index (χ3n) is 10.3. The van der Waals surface area contributed by atoms with E-state index in [0.717, 1.165) is 12.8 Å². The molecule has 6 rings (SSSR count). The van der Waals surface area contributed by atoms with Crippen LogP contribution in [0.3, 0.4) is 0 Å². The largest absolute Gasteiger partial charge is 0.393 e. The fourth-order valence-electron chi connectivity index (χ4n) is 8.19. The lowest BCUT2D eigenvalue weighted by Gasteiger charge is -2.60. The summed E-state index contributed by atoms with van der Waals surface area (Å²) in [5.41, 5.74) is -6.88. The summed E-state index contributed by atoms with van der Waals surface area (Å²) < 4.78 is 25.3. The van der Waals surface area contributed by atoms with Gasteiger partial charge >= 0.3 is 5.97 Å². The molecule has 0 aromatic rings. The monoisotopic (exact) mass is 570 g/mol. The van der Waals surface area contributed by atoms with Gasteiger partial charge in [0.15, 0.2) is 11.4 Å². The van der Waals surface area contributed by atoms with Crippen molar-refractivity contribution in [1.29, 1.82) is 0 Å². The zero-order chi connectivity index (χ0) is 29.8. The number of allylic oxidation sites excluding steroid dienone is 5. The second kappa shape index (κ2) is 9.11. The minimum Gasteiger partial charge on any atom is -0.393 e. The van der Waals surface area contributed by atoms with Crippen LogP contribution in [0.4, 0.5) is 0 Å². The van der Waals surface area contributed by atoms with E-state index in [9.17, 15) is 30.0 Å². The molecule has 12 atom stereocenters. The van der Waals surface area contributed by atoms with Crippen LogP contribution in [0.5, 0.6) is 0 Å². The molecule has 3 aliphatic heterocycles. The minimum absolute atomic E-state index is 0.181. The third-order valence-corrected chi connectivity index (χ3v) is 10.3. The molecule has 1 unspecified atom stereocenters. The van der Waals surface area contributed by atoms with Crippen LogP contribution in [0, 0.1) is 17.8 Å². The van der Waals surface area contributed by atoms with E-state index in [2.05, 4.69) is 13.5 Å². The van der Waals surface area contributed by atoms with Crippen LogP contribution in [-0.2, 0) is 28.5 Å². The number of unbranched alkanes of at least 4 members (excludes halogenated alkanes) is 1. The van der Waals surface area contributed by atoms with Crippen LogP contribution in [0.25, 0.3) is 0 Å². The zero-order valence-electron chi connectivity index (χ0n) is 23.6. The number of rotatable bonds is 8. The van der Waals surface area contributed by atoms with Gasteiger partial charge in [-0.1, -0.05) is 63.3 Å². The molecule has 10 heteroatoms. The van der Waals surface area contributed by atoms with Gasteiger partial charge in [0.2, 0.25) is 5.78 Å². The Morgan fingerprint density at radius 1 is 1.12 bits per heavy atom. The van der Waals surface area contributed by atoms with Gasteiger partial charge in [0.1, 0.15) is 29.5 Å². The first-order valence-corrected chi connectivity index (χ1v) is 14.2. The lowest BCUT2D eigenvalue weighted by molar-refractivity contribution is -0.406. The molecule has 10 nitrogen and oxygen atoms in total. The number of aliphatic hydroxyl groups excluding tert-OH is 3. The van der Waals surface area contributed by atoms with Crippen molar-refractivity contribution in [2.75, 3.05) is 6.61 Å². The Morgan fingerprint density at radius 2 is 1.83 bits per heavy atom. The van der Waals surface area contributed by atoms with Crippen molar-refractivity contribution in [3.8, 4) is 0 Å². The number of Topliss-reactive ketones (excluding diaryl/α,β-unsaturated/α-hetero) is 1. The van der Waals surface area contributed by atoms with E-state index in [1.165, 1.54) is 25.2 Å². The number of hydrogen-bond acceptors (Lipinski definition) is 10. The van der Waals surface area contributed by atoms with Crippen molar-refractivity contribution in [2.45, 2.75) is 93.3 Å². The fourth-order valence-corrected chi connectivity index (χ4v) is 8.19. The summed E-state index contributed by atoms with van der Waals surface area (Å²) in [5, 5.41) is 46.0. The number of ether oxygens (including phenoxy) is 4. The summed E-state index contributed by atoms with van der Waals surface area (Å²) in [6.45, 7) is 10.3. The number of epoxide rings is 1. The number of carbonyl (C=O) groups excluding carboxylic acids is 2. The molecule has 3 saturated heterocycles. The third kappa shape index (κ3) is 3.25. The smallest absolute Gasteiger partial charge is 0.353 e. The van der Waals surface area contributed by atoms with Gasteiger partial charge in [0.05, 0.1) is 18.3 Å². The highest BCUT2D eigenvalue weighted by Crippen LogP contribution is 2.72. The molecule has 3 bridgehead atoms. The van der Waals surface area contributed by atoms with E-state index in [0.29, 0.717) is 5.57 Å². The minimum atomic E-state index is -2.46. The van der Waals surface area contributed by atoms with Crippen molar-refractivity contribution < 1.29 is 49.0 Å². The molecule has 3 heterocycles. The average Bonchev–Trinajstić information content (AvgIpc) is 3.56. The lowest BCUT2D eigenvalue weighted by Crippen LogP contribution is -2.76. The zero-order valence-corrected chi connectivity index (χ0v) is 23.6. The highest BCUT2D eigenvalue weighted by Gasteiger charge is 2.90. The van der Waals surface area contributed by atoms with Crippen LogP contribution in [0.2, 0.25) is 0 Å². The highest BCUT2D eigenvalue weighted by molar-refractivity contribution is 6.05. The molecule has 5 fully saturated rings. The molecule has 222 valence electrons. The standard InChI is InChI=1S/C31H38O10/c1-6-7-8-9-10-11-12-13-20(33)31-39-25-21-24-27(15-32,38-24)26(36)28(37)19(14-17(4)22(28)34)30(21,41-31)18(5)23(35)29(25,40-31)16(2)3/h8-14,18-19,21,23-26,32,35-37H,2,6-7,15H2,1,3-5H3/b9-8+,11-10+,13-12+/t18-,19-,21+,23-,24+,25-,26-,27+,28-,29+,30+,31?/m1/s1. The normalized spacial score (nSPS) is 51.2. The maximum absolute atomic E-state index is 13.9. The van der Waals surface area contributed by atoms with E-state index >= 15 is 0 Å². The number of hydrogen-bond donors (Lipinski definition) is 4. The molecular weight excluding hydrogens is 532 g/mol. The van der Waals surface area contributed by atoms with Gasteiger partial charge in [-0.05, 0) is 37.5 Å². The molecule has 0 radical (unpaired) electrons. The first-order chi connectivity index (χ1) is 19.3. The second-order valence-electron chi connectivity index (χ2n) is 12.3. The molecule has 6 aliphatic rings. The second-order valence-corrected chi connectivity index (χ2v) is 12.3. The van der Waals surface area contributed by atoms with Gasteiger partial charge in [-0.2, -0.15) is 0 Å². The molecule has 41 heavy (non-hydrogen) atoms. The molecule has 0 amide bonds. The van der Waals surface area contributed by atoms with E-state index < -0.39 is 88.7 Å². The maximum Gasteiger partial charge on any atom is 0.353 e. The summed E-state index contributed by atoms with van der Waals surface area (Å²) in [5.74, 6) is -6.74. The Hall–Kier alpha value is -2.28. The molecule has 4 N–H and O–H groups in total. The van der Waals surface area contributed by atoms with E-state index in [-0.39, 0.29) is 5.57 Å². The van der Waals surface area contributed by atoms with Crippen molar-refractivity contribution in [3.63, 3.8) is 0 Å². The van der Waals surface area contributed by atoms with E-state index in [1.807, 2.05) is 12.2 Å². The molecule has 2 saturated carbocycles. The van der Waals surface area contributed by atoms with Crippen molar-refractivity contribution in [2.24, 2.45) is 17.8 Å². The van der Waals surface area contributed by atoms with Crippen molar-refractivity contribution in [1.82, 2.24) is 0 Å². The maximum atomic E-state index is 13.9. The van der Waals surface area contributed by atoms with Gasteiger partial charge in [-0.3, -0.25) is 9.59 Å². The molecule has 0 aromatic carbocycles. The number of ketones is 2. The number of aliphatic hydroxyl groups is 4. The van der Waals surface area contributed by atoms with Crippen LogP contribution in [-0.4, -0.2) is 91.4 Å². The number of fused-ring (bicyclic) bond motifs is 3. The van der Waals surface area contributed by atoms with E-state index in [1.54, 1.807) is 26.0 Å². The van der Waals surface area contributed by atoms with Crippen LogP contribution in [0.1, 0.15) is 40.5 Å². The van der Waals surface area contributed by atoms with Crippen LogP contribution < -0.4 is 0 Å². The summed E-state index contributed by atoms with van der Waals surface area (Å²) >= 11 is 0. The summed E-state index contributed by atoms with van der Waals surface area (Å²) in [7, 11) is 0. The van der Waals surface area contributed by atoms with Gasteiger partial charge < -0.3 is 39.4 Å². The quantitative estimate of drug-likeness (QED) is 0.145. The summed E-state index contributed by atoms with van der Waals surface area (Å²) in [4.78, 5) is 27.4. The van der Waals surface area contributed by atoms with Crippen molar-refractivity contribution in [3.05, 3.63) is 60.3 Å². The highest BCUT2D eigenvalue weighted by atomic mass is 16.9. The summed E-state index contributed by atoms with van der Waals surface area (Å²) in [6, 6.07) is 0. The Balaban J connectivity index is 1.51. The predicted molar refractivity (Wildman–Crippen MR) is 144 cm³/mol. The van der Waals surface area contributed by atoms with Gasteiger partial charge in [0.25, 0.3) is 0 Å². The molecule has 0 spiro atoms. The van der Waals surface area contributed by atoms with Gasteiger partial charge in [-0.15, -0.1) is 0 Å².